The predicted octanol–water partition coefficient (Wildman–Crippen LogP) is 3.17. The molecule has 1 heterocycles. The minimum absolute atomic E-state index is 0.124. The smallest absolute Gasteiger partial charge is 0.336 e. The number of aliphatic imine (C=N–C) groups is 1. The van der Waals surface area contributed by atoms with Crippen molar-refractivity contribution in [1.82, 2.24) is 0 Å². The number of hydrogen-bond donors (Lipinski definition) is 0. The summed E-state index contributed by atoms with van der Waals surface area (Å²) in [6.45, 7) is 6.65. The number of carbonyl (C=O) groups excluding carboxylic acids is 2. The maximum atomic E-state index is 12.8. The SMILES string of the molecule is COC(=O)C1C(C)=NC(C)=C(C(=O)OC(C)C)[C@@H]1c1ccccc1[N+](=O)[O-]. The zero-order valence-corrected chi connectivity index (χ0v) is 15.9. The van der Waals surface area contributed by atoms with E-state index in [9.17, 15) is 19.7 Å². The molecule has 0 aromatic heterocycles. The molecule has 0 amide bonds. The van der Waals surface area contributed by atoms with Gasteiger partial charge in [0.05, 0.1) is 23.7 Å². The van der Waals surface area contributed by atoms with Crippen LogP contribution in [0.1, 0.15) is 39.2 Å². The molecule has 0 fully saturated rings. The van der Waals surface area contributed by atoms with Gasteiger partial charge in [-0.05, 0) is 27.7 Å². The highest BCUT2D eigenvalue weighted by Crippen LogP contribution is 2.43. The Morgan fingerprint density at radius 3 is 2.41 bits per heavy atom. The van der Waals surface area contributed by atoms with Crippen molar-refractivity contribution in [2.45, 2.75) is 39.7 Å². The molecule has 8 heteroatoms. The Kier molecular flexibility index (Phi) is 6.09. The number of nitro groups is 1. The lowest BCUT2D eigenvalue weighted by atomic mass is 9.75. The molecule has 1 aliphatic rings. The normalized spacial score (nSPS) is 19.6. The van der Waals surface area contributed by atoms with Gasteiger partial charge in [-0.3, -0.25) is 19.9 Å². The first kappa shape index (κ1) is 20.3. The third-order valence-corrected chi connectivity index (χ3v) is 4.31. The number of carbonyl (C=O) groups is 2. The second-order valence-corrected chi connectivity index (χ2v) is 6.50. The minimum Gasteiger partial charge on any atom is -0.468 e. The van der Waals surface area contributed by atoms with Crippen LogP contribution in [0.15, 0.2) is 40.5 Å². The molecule has 1 aromatic rings. The van der Waals surface area contributed by atoms with Crippen LogP contribution in [0.3, 0.4) is 0 Å². The van der Waals surface area contributed by atoms with Crippen molar-refractivity contribution in [2.75, 3.05) is 7.11 Å². The molecule has 0 saturated heterocycles. The highest BCUT2D eigenvalue weighted by atomic mass is 16.6. The highest BCUT2D eigenvalue weighted by molar-refractivity contribution is 6.07. The number of rotatable bonds is 5. The second kappa shape index (κ2) is 8.11. The summed E-state index contributed by atoms with van der Waals surface area (Å²) in [4.78, 5) is 40.6. The fraction of sp³-hybridized carbons (Fsp3) is 0.421. The molecular formula is C19H22N2O6. The van der Waals surface area contributed by atoms with Crippen LogP contribution in [-0.4, -0.2) is 35.8 Å². The van der Waals surface area contributed by atoms with E-state index in [1.807, 2.05) is 0 Å². The van der Waals surface area contributed by atoms with Crippen LogP contribution in [0.25, 0.3) is 0 Å². The van der Waals surface area contributed by atoms with Gasteiger partial charge in [0.1, 0.15) is 5.92 Å². The van der Waals surface area contributed by atoms with Crippen LogP contribution in [-0.2, 0) is 19.1 Å². The minimum atomic E-state index is -0.963. The van der Waals surface area contributed by atoms with Crippen molar-refractivity contribution in [3.8, 4) is 0 Å². The fourth-order valence-corrected chi connectivity index (χ4v) is 3.26. The summed E-state index contributed by atoms with van der Waals surface area (Å²) in [5.74, 6) is -3.17. The Bertz CT molecular complexity index is 840. The van der Waals surface area contributed by atoms with Crippen molar-refractivity contribution >= 4 is 23.3 Å². The summed E-state index contributed by atoms with van der Waals surface area (Å²) in [5.41, 5.74) is 0.958. The molecule has 0 N–H and O–H groups in total. The largest absolute Gasteiger partial charge is 0.468 e. The van der Waals surface area contributed by atoms with Crippen LogP contribution >= 0.6 is 0 Å². The monoisotopic (exact) mass is 374 g/mol. The number of nitrogens with zero attached hydrogens (tertiary/aromatic N) is 2. The average Bonchev–Trinajstić information content (AvgIpc) is 2.59. The molecule has 2 rings (SSSR count). The average molecular weight is 374 g/mol. The molecule has 0 radical (unpaired) electrons. The first-order valence-corrected chi connectivity index (χ1v) is 8.47. The first-order chi connectivity index (χ1) is 12.7. The number of benzene rings is 1. The predicted molar refractivity (Wildman–Crippen MR) is 98.4 cm³/mol. The third-order valence-electron chi connectivity index (χ3n) is 4.31. The lowest BCUT2D eigenvalue weighted by molar-refractivity contribution is -0.385. The summed E-state index contributed by atoms with van der Waals surface area (Å²) >= 11 is 0. The quantitative estimate of drug-likeness (QED) is 0.445. The highest BCUT2D eigenvalue weighted by Gasteiger charge is 2.44. The van der Waals surface area contributed by atoms with Gasteiger partial charge in [-0.2, -0.15) is 0 Å². The molecule has 1 unspecified atom stereocenters. The Labute approximate surface area is 157 Å². The van der Waals surface area contributed by atoms with Gasteiger partial charge in [-0.15, -0.1) is 0 Å². The fourth-order valence-electron chi connectivity index (χ4n) is 3.26. The summed E-state index contributed by atoms with van der Waals surface area (Å²) < 4.78 is 10.2. The summed E-state index contributed by atoms with van der Waals surface area (Å²) in [5, 5.41) is 11.6. The van der Waals surface area contributed by atoms with E-state index in [1.165, 1.54) is 25.3 Å². The number of para-hydroxylation sites is 1. The van der Waals surface area contributed by atoms with Crippen molar-refractivity contribution in [3.63, 3.8) is 0 Å². The Morgan fingerprint density at radius 1 is 1.22 bits per heavy atom. The zero-order chi connectivity index (χ0) is 20.3. The molecule has 2 atom stereocenters. The van der Waals surface area contributed by atoms with Crippen molar-refractivity contribution < 1.29 is 24.0 Å². The Morgan fingerprint density at radius 2 is 1.85 bits per heavy atom. The lowest BCUT2D eigenvalue weighted by Gasteiger charge is -2.31. The molecule has 1 aliphatic heterocycles. The zero-order valence-electron chi connectivity index (χ0n) is 15.9. The maximum absolute atomic E-state index is 12.8. The molecular weight excluding hydrogens is 352 g/mol. The van der Waals surface area contributed by atoms with Gasteiger partial charge in [0, 0.05) is 29.0 Å². The lowest BCUT2D eigenvalue weighted by Crippen LogP contribution is -2.36. The van der Waals surface area contributed by atoms with Gasteiger partial charge in [0.25, 0.3) is 5.69 Å². The van der Waals surface area contributed by atoms with Crippen LogP contribution in [0.2, 0.25) is 0 Å². The van der Waals surface area contributed by atoms with E-state index in [4.69, 9.17) is 9.47 Å². The van der Waals surface area contributed by atoms with E-state index in [0.29, 0.717) is 11.4 Å². The number of allylic oxidation sites excluding steroid dienone is 1. The number of esters is 2. The van der Waals surface area contributed by atoms with Crippen LogP contribution in [0.5, 0.6) is 0 Å². The molecule has 0 aliphatic carbocycles. The summed E-state index contributed by atoms with van der Waals surface area (Å²) in [6.07, 6.45) is -0.396. The van der Waals surface area contributed by atoms with E-state index < -0.39 is 34.8 Å². The van der Waals surface area contributed by atoms with E-state index in [-0.39, 0.29) is 16.8 Å². The summed E-state index contributed by atoms with van der Waals surface area (Å²) in [6, 6.07) is 6.03. The Balaban J connectivity index is 2.75. The number of methoxy groups -OCH3 is 1. The van der Waals surface area contributed by atoms with E-state index >= 15 is 0 Å². The van der Waals surface area contributed by atoms with Gasteiger partial charge in [-0.1, -0.05) is 18.2 Å². The maximum Gasteiger partial charge on any atom is 0.336 e. The van der Waals surface area contributed by atoms with Crippen LogP contribution in [0, 0.1) is 16.0 Å². The topological polar surface area (TPSA) is 108 Å². The van der Waals surface area contributed by atoms with E-state index in [0.717, 1.165) is 0 Å². The number of nitro benzene ring substituents is 1. The molecule has 1 aromatic carbocycles. The molecule has 27 heavy (non-hydrogen) atoms. The molecule has 8 nitrogen and oxygen atoms in total. The van der Waals surface area contributed by atoms with Crippen molar-refractivity contribution in [2.24, 2.45) is 10.9 Å². The second-order valence-electron chi connectivity index (χ2n) is 6.50. The molecule has 0 bridgehead atoms. The van der Waals surface area contributed by atoms with Crippen LogP contribution < -0.4 is 0 Å². The Hall–Kier alpha value is -3.03. The number of ether oxygens (including phenoxy) is 2. The van der Waals surface area contributed by atoms with Gasteiger partial charge >= 0.3 is 11.9 Å². The molecule has 0 spiro atoms. The van der Waals surface area contributed by atoms with Gasteiger partial charge < -0.3 is 9.47 Å². The number of hydrogen-bond acceptors (Lipinski definition) is 7. The van der Waals surface area contributed by atoms with Gasteiger partial charge in [-0.25, -0.2) is 4.79 Å². The third kappa shape index (κ3) is 4.05. The van der Waals surface area contributed by atoms with E-state index in [1.54, 1.807) is 33.8 Å². The van der Waals surface area contributed by atoms with Crippen LogP contribution in [0.4, 0.5) is 5.69 Å². The van der Waals surface area contributed by atoms with Gasteiger partial charge in [0.2, 0.25) is 0 Å². The molecule has 144 valence electrons. The molecule has 0 saturated carbocycles. The standard InChI is InChI=1S/C19H22N2O6/c1-10(2)27-19(23)16-12(4)20-11(3)15(18(22)26-5)17(16)13-8-6-7-9-14(13)21(24)25/h6-10,15,17H,1-5H3/t15?,17-/m1/s1. The van der Waals surface area contributed by atoms with Crippen molar-refractivity contribution in [3.05, 3.63) is 51.2 Å². The first-order valence-electron chi connectivity index (χ1n) is 8.47. The van der Waals surface area contributed by atoms with Crippen molar-refractivity contribution in [1.29, 1.82) is 0 Å². The van der Waals surface area contributed by atoms with E-state index in [2.05, 4.69) is 4.99 Å². The summed E-state index contributed by atoms with van der Waals surface area (Å²) in [7, 11) is 1.23. The van der Waals surface area contributed by atoms with Gasteiger partial charge in [0.15, 0.2) is 0 Å².